The number of hydrogen-bond acceptors (Lipinski definition) is 3. The van der Waals surface area contributed by atoms with Gasteiger partial charge in [-0.25, -0.2) is 0 Å². The Morgan fingerprint density at radius 1 is 1.48 bits per heavy atom. The van der Waals surface area contributed by atoms with Crippen molar-refractivity contribution in [2.45, 2.75) is 25.8 Å². The molecule has 5 heteroatoms. The molecule has 0 amide bonds. The summed E-state index contributed by atoms with van der Waals surface area (Å²) in [7, 11) is 1.97. The highest BCUT2D eigenvalue weighted by molar-refractivity contribution is 6.30. The maximum Gasteiger partial charge on any atom is 0.125 e. The van der Waals surface area contributed by atoms with Gasteiger partial charge in [-0.1, -0.05) is 18.5 Å². The van der Waals surface area contributed by atoms with Crippen molar-refractivity contribution in [1.29, 1.82) is 0 Å². The van der Waals surface area contributed by atoms with Gasteiger partial charge in [0.15, 0.2) is 0 Å². The Hall–Kier alpha value is -1.52. The van der Waals surface area contributed by atoms with E-state index in [0.29, 0.717) is 0 Å². The maximum atomic E-state index is 6.25. The second kappa shape index (κ2) is 6.08. The van der Waals surface area contributed by atoms with Crippen molar-refractivity contribution in [3.63, 3.8) is 0 Å². The van der Waals surface area contributed by atoms with Crippen molar-refractivity contribution in [2.24, 2.45) is 7.05 Å². The number of likely N-dealkylation sites (N-methyl/N-ethyl adjacent to an activating group) is 1. The highest BCUT2D eigenvalue weighted by Gasteiger charge is 2.22. The molecule has 2 aromatic rings. The van der Waals surface area contributed by atoms with E-state index in [9.17, 15) is 0 Å². The van der Waals surface area contributed by atoms with Crippen LogP contribution in [0.1, 0.15) is 29.8 Å². The SMILES string of the molecule is CCNC(Cc1cc(Cl)cc2c1OCC2)c1ccnn1C. The Morgan fingerprint density at radius 2 is 2.33 bits per heavy atom. The number of hydrogen-bond donors (Lipinski definition) is 1. The first kappa shape index (κ1) is 14.4. The summed E-state index contributed by atoms with van der Waals surface area (Å²) in [6, 6.07) is 6.29. The fourth-order valence-electron chi connectivity index (χ4n) is 2.97. The zero-order valence-electron chi connectivity index (χ0n) is 12.4. The quantitative estimate of drug-likeness (QED) is 0.923. The van der Waals surface area contributed by atoms with E-state index in [2.05, 4.69) is 23.4 Å². The summed E-state index contributed by atoms with van der Waals surface area (Å²) < 4.78 is 7.72. The lowest BCUT2D eigenvalue weighted by atomic mass is 9.99. The third kappa shape index (κ3) is 2.92. The van der Waals surface area contributed by atoms with Gasteiger partial charge < -0.3 is 10.1 Å². The normalized spacial score (nSPS) is 14.8. The third-order valence-corrected chi connectivity index (χ3v) is 4.13. The summed E-state index contributed by atoms with van der Waals surface area (Å²) in [6.45, 7) is 3.77. The van der Waals surface area contributed by atoms with Gasteiger partial charge in [0, 0.05) is 24.7 Å². The summed E-state index contributed by atoms with van der Waals surface area (Å²) >= 11 is 6.25. The van der Waals surface area contributed by atoms with Gasteiger partial charge in [-0.2, -0.15) is 5.10 Å². The predicted octanol–water partition coefficient (Wildman–Crippen LogP) is 2.90. The molecular formula is C16H20ClN3O. The predicted molar refractivity (Wildman–Crippen MR) is 84.0 cm³/mol. The molecule has 1 aromatic heterocycles. The minimum absolute atomic E-state index is 0.203. The number of nitrogens with zero attached hydrogens (tertiary/aromatic N) is 2. The Morgan fingerprint density at radius 3 is 3.05 bits per heavy atom. The lowest BCUT2D eigenvalue weighted by molar-refractivity contribution is 0.351. The maximum absolute atomic E-state index is 6.25. The molecular weight excluding hydrogens is 286 g/mol. The summed E-state index contributed by atoms with van der Waals surface area (Å²) in [6.07, 6.45) is 3.62. The van der Waals surface area contributed by atoms with Crippen LogP contribution in [-0.4, -0.2) is 22.9 Å². The molecule has 0 bridgehead atoms. The minimum atomic E-state index is 0.203. The Balaban J connectivity index is 1.92. The first-order chi connectivity index (χ1) is 10.2. The van der Waals surface area contributed by atoms with Crippen LogP contribution in [0.5, 0.6) is 5.75 Å². The lowest BCUT2D eigenvalue weighted by Crippen LogP contribution is -2.25. The van der Waals surface area contributed by atoms with Crippen LogP contribution in [0.25, 0.3) is 0 Å². The fraction of sp³-hybridized carbons (Fsp3) is 0.438. The van der Waals surface area contributed by atoms with E-state index in [4.69, 9.17) is 16.3 Å². The highest BCUT2D eigenvalue weighted by Crippen LogP contribution is 2.35. The van der Waals surface area contributed by atoms with Crippen molar-refractivity contribution in [1.82, 2.24) is 15.1 Å². The highest BCUT2D eigenvalue weighted by atomic mass is 35.5. The van der Waals surface area contributed by atoms with E-state index in [0.717, 1.165) is 36.8 Å². The van der Waals surface area contributed by atoms with Crippen molar-refractivity contribution in [2.75, 3.05) is 13.2 Å². The molecule has 4 nitrogen and oxygen atoms in total. The van der Waals surface area contributed by atoms with Crippen LogP contribution in [-0.2, 0) is 19.9 Å². The lowest BCUT2D eigenvalue weighted by Gasteiger charge is -2.20. The molecule has 2 heterocycles. The standard InChI is InChI=1S/C16H20ClN3O/c1-3-18-14(15-4-6-19-20(15)2)10-12-9-13(17)8-11-5-7-21-16(11)12/h4,6,8-9,14,18H,3,5,7,10H2,1-2H3. The number of benzene rings is 1. The molecule has 3 rings (SSSR count). The molecule has 112 valence electrons. The van der Waals surface area contributed by atoms with Crippen LogP contribution in [0, 0.1) is 0 Å². The number of fused-ring (bicyclic) bond motifs is 1. The number of halogens is 1. The Bertz CT molecular complexity index is 638. The number of aromatic nitrogens is 2. The average Bonchev–Trinajstić information content (AvgIpc) is 3.06. The molecule has 21 heavy (non-hydrogen) atoms. The van der Waals surface area contributed by atoms with Gasteiger partial charge in [0.25, 0.3) is 0 Å². The second-order valence-corrected chi connectivity index (χ2v) is 5.78. The van der Waals surface area contributed by atoms with E-state index in [1.807, 2.05) is 30.1 Å². The van der Waals surface area contributed by atoms with Crippen LogP contribution in [0.3, 0.4) is 0 Å². The zero-order chi connectivity index (χ0) is 14.8. The molecule has 1 atom stereocenters. The molecule has 0 saturated carbocycles. The smallest absolute Gasteiger partial charge is 0.125 e. The summed E-state index contributed by atoms with van der Waals surface area (Å²) in [4.78, 5) is 0. The number of aryl methyl sites for hydroxylation is 1. The largest absolute Gasteiger partial charge is 0.493 e. The van der Waals surface area contributed by atoms with Crippen LogP contribution >= 0.6 is 11.6 Å². The molecule has 0 fully saturated rings. The molecule has 1 aromatic carbocycles. The molecule has 1 unspecified atom stereocenters. The van der Waals surface area contributed by atoms with Crippen molar-refractivity contribution >= 4 is 11.6 Å². The molecule has 0 aliphatic carbocycles. The Kier molecular flexibility index (Phi) is 4.17. The topological polar surface area (TPSA) is 39.1 Å². The van der Waals surface area contributed by atoms with Gasteiger partial charge in [-0.3, -0.25) is 4.68 Å². The van der Waals surface area contributed by atoms with Gasteiger partial charge in [0.05, 0.1) is 18.3 Å². The molecule has 0 saturated heterocycles. The molecule has 0 spiro atoms. The fourth-order valence-corrected chi connectivity index (χ4v) is 3.23. The van der Waals surface area contributed by atoms with Gasteiger partial charge >= 0.3 is 0 Å². The van der Waals surface area contributed by atoms with Crippen molar-refractivity contribution in [3.8, 4) is 5.75 Å². The van der Waals surface area contributed by atoms with E-state index in [-0.39, 0.29) is 6.04 Å². The van der Waals surface area contributed by atoms with Gasteiger partial charge in [0.1, 0.15) is 5.75 Å². The first-order valence-corrected chi connectivity index (χ1v) is 7.72. The minimum Gasteiger partial charge on any atom is -0.493 e. The summed E-state index contributed by atoms with van der Waals surface area (Å²) in [5.74, 6) is 1.02. The zero-order valence-corrected chi connectivity index (χ0v) is 13.2. The van der Waals surface area contributed by atoms with Crippen LogP contribution in [0.4, 0.5) is 0 Å². The van der Waals surface area contributed by atoms with E-state index < -0.39 is 0 Å². The number of nitrogens with one attached hydrogen (secondary N) is 1. The molecule has 1 N–H and O–H groups in total. The Labute approximate surface area is 130 Å². The van der Waals surface area contributed by atoms with Gasteiger partial charge in [-0.15, -0.1) is 0 Å². The molecule has 1 aliphatic rings. The average molecular weight is 306 g/mol. The van der Waals surface area contributed by atoms with Gasteiger partial charge in [0.2, 0.25) is 0 Å². The van der Waals surface area contributed by atoms with Crippen LogP contribution < -0.4 is 10.1 Å². The van der Waals surface area contributed by atoms with E-state index >= 15 is 0 Å². The molecule has 0 radical (unpaired) electrons. The van der Waals surface area contributed by atoms with Crippen LogP contribution in [0.15, 0.2) is 24.4 Å². The first-order valence-electron chi connectivity index (χ1n) is 7.34. The van der Waals surface area contributed by atoms with Crippen molar-refractivity contribution in [3.05, 3.63) is 46.2 Å². The number of ether oxygens (including phenoxy) is 1. The molecule has 1 aliphatic heterocycles. The van der Waals surface area contributed by atoms with E-state index in [1.165, 1.54) is 16.8 Å². The monoisotopic (exact) mass is 305 g/mol. The van der Waals surface area contributed by atoms with E-state index in [1.54, 1.807) is 0 Å². The second-order valence-electron chi connectivity index (χ2n) is 5.35. The van der Waals surface area contributed by atoms with Gasteiger partial charge in [-0.05, 0) is 42.3 Å². The number of rotatable bonds is 5. The van der Waals surface area contributed by atoms with Crippen molar-refractivity contribution < 1.29 is 4.74 Å². The summed E-state index contributed by atoms with van der Waals surface area (Å²) in [5, 5.41) is 8.58. The summed E-state index contributed by atoms with van der Waals surface area (Å²) in [5.41, 5.74) is 3.56. The third-order valence-electron chi connectivity index (χ3n) is 3.92. The van der Waals surface area contributed by atoms with Crippen LogP contribution in [0.2, 0.25) is 5.02 Å².